The van der Waals surface area contributed by atoms with Crippen molar-refractivity contribution in [2.24, 2.45) is 0 Å². The molecule has 21 heavy (non-hydrogen) atoms. The molecule has 4 heteroatoms. The Morgan fingerprint density at radius 1 is 1.24 bits per heavy atom. The minimum Gasteiger partial charge on any atom is -0.379 e. The van der Waals surface area contributed by atoms with Gasteiger partial charge in [0, 0.05) is 25.0 Å². The summed E-state index contributed by atoms with van der Waals surface area (Å²) in [5.41, 5.74) is 2.34. The predicted octanol–water partition coefficient (Wildman–Crippen LogP) is 2.68. The highest BCUT2D eigenvalue weighted by Gasteiger charge is 2.09. The predicted molar refractivity (Wildman–Crippen MR) is 86.8 cm³/mol. The van der Waals surface area contributed by atoms with E-state index < -0.39 is 0 Å². The highest BCUT2D eigenvalue weighted by molar-refractivity contribution is 5.83. The van der Waals surface area contributed by atoms with E-state index in [0.717, 1.165) is 57.1 Å². The Hall–Kier alpha value is -1.65. The van der Waals surface area contributed by atoms with Crippen molar-refractivity contribution < 1.29 is 4.74 Å². The normalized spacial score (nSPS) is 16.2. The molecule has 1 aromatic carbocycles. The maximum Gasteiger partial charge on any atom is 0.126 e. The molecule has 1 aliphatic rings. The van der Waals surface area contributed by atoms with Crippen LogP contribution >= 0.6 is 0 Å². The van der Waals surface area contributed by atoms with Crippen LogP contribution in [0.3, 0.4) is 0 Å². The van der Waals surface area contributed by atoms with Gasteiger partial charge in [-0.15, -0.1) is 0 Å². The molecule has 4 nitrogen and oxygen atoms in total. The first-order valence-corrected chi connectivity index (χ1v) is 7.73. The van der Waals surface area contributed by atoms with Crippen molar-refractivity contribution in [2.45, 2.75) is 13.3 Å². The number of ether oxygens (including phenoxy) is 1. The highest BCUT2D eigenvalue weighted by atomic mass is 16.5. The molecule has 1 aromatic heterocycles. The summed E-state index contributed by atoms with van der Waals surface area (Å²) in [5.74, 6) is 0.980. The van der Waals surface area contributed by atoms with Crippen LogP contribution < -0.4 is 5.32 Å². The number of para-hydroxylation sites is 1. The maximum absolute atomic E-state index is 5.36. The molecule has 112 valence electrons. The van der Waals surface area contributed by atoms with Gasteiger partial charge in [0.2, 0.25) is 0 Å². The number of nitrogens with zero attached hydrogens (tertiary/aromatic N) is 2. The average molecular weight is 285 g/mol. The van der Waals surface area contributed by atoms with Crippen molar-refractivity contribution >= 4 is 16.7 Å². The summed E-state index contributed by atoms with van der Waals surface area (Å²) in [4.78, 5) is 7.14. The van der Waals surface area contributed by atoms with E-state index in [2.05, 4.69) is 46.4 Å². The van der Waals surface area contributed by atoms with E-state index in [1.165, 1.54) is 10.9 Å². The molecule has 1 aliphatic heterocycles. The van der Waals surface area contributed by atoms with E-state index in [1.807, 2.05) is 6.07 Å². The molecule has 0 bridgehead atoms. The van der Waals surface area contributed by atoms with E-state index in [1.54, 1.807) is 0 Å². The molecule has 0 spiro atoms. The van der Waals surface area contributed by atoms with Crippen LogP contribution in [0.5, 0.6) is 0 Å². The summed E-state index contributed by atoms with van der Waals surface area (Å²) < 4.78 is 5.36. The fourth-order valence-electron chi connectivity index (χ4n) is 2.78. The van der Waals surface area contributed by atoms with Gasteiger partial charge in [0.1, 0.15) is 5.82 Å². The Balaban J connectivity index is 1.53. The number of benzene rings is 1. The molecule has 1 N–H and O–H groups in total. The van der Waals surface area contributed by atoms with E-state index in [9.17, 15) is 0 Å². The number of pyridine rings is 1. The van der Waals surface area contributed by atoms with Crippen LogP contribution in [0.4, 0.5) is 5.82 Å². The quantitative estimate of drug-likeness (QED) is 0.857. The van der Waals surface area contributed by atoms with Gasteiger partial charge in [-0.25, -0.2) is 4.98 Å². The third-order valence-corrected chi connectivity index (χ3v) is 3.98. The van der Waals surface area contributed by atoms with Gasteiger partial charge in [0.05, 0.1) is 18.7 Å². The van der Waals surface area contributed by atoms with Crippen molar-refractivity contribution in [1.29, 1.82) is 0 Å². The molecule has 0 radical (unpaired) electrons. The number of aromatic nitrogens is 1. The summed E-state index contributed by atoms with van der Waals surface area (Å²) in [7, 11) is 0. The second kappa shape index (κ2) is 6.87. The molecular formula is C17H23N3O. The van der Waals surface area contributed by atoms with Gasteiger partial charge < -0.3 is 10.1 Å². The minimum absolute atomic E-state index is 0.874. The molecule has 0 atom stereocenters. The molecule has 3 rings (SSSR count). The number of fused-ring (bicyclic) bond motifs is 1. The van der Waals surface area contributed by atoms with Crippen LogP contribution in [0.25, 0.3) is 10.9 Å². The fraction of sp³-hybridized carbons (Fsp3) is 0.471. The third-order valence-electron chi connectivity index (χ3n) is 3.98. The van der Waals surface area contributed by atoms with Gasteiger partial charge in [-0.1, -0.05) is 18.2 Å². The molecule has 2 aromatic rings. The van der Waals surface area contributed by atoms with E-state index in [-0.39, 0.29) is 0 Å². The van der Waals surface area contributed by atoms with Crippen molar-refractivity contribution in [2.75, 3.05) is 44.7 Å². The average Bonchev–Trinajstić information content (AvgIpc) is 2.53. The lowest BCUT2D eigenvalue weighted by atomic mass is 10.1. The number of nitrogens with one attached hydrogen (secondary N) is 1. The Morgan fingerprint density at radius 3 is 2.90 bits per heavy atom. The Bertz CT molecular complexity index is 594. The Kier molecular flexibility index (Phi) is 4.68. The number of rotatable bonds is 5. The third kappa shape index (κ3) is 3.71. The maximum atomic E-state index is 5.36. The monoisotopic (exact) mass is 285 g/mol. The summed E-state index contributed by atoms with van der Waals surface area (Å²) in [5, 5.41) is 4.68. The van der Waals surface area contributed by atoms with Crippen molar-refractivity contribution in [3.8, 4) is 0 Å². The van der Waals surface area contributed by atoms with Crippen LogP contribution in [0.2, 0.25) is 0 Å². The molecule has 1 fully saturated rings. The van der Waals surface area contributed by atoms with Gasteiger partial charge in [-0.05, 0) is 37.6 Å². The number of anilines is 1. The van der Waals surface area contributed by atoms with Crippen LogP contribution in [0.15, 0.2) is 30.3 Å². The summed E-state index contributed by atoms with van der Waals surface area (Å²) in [6.45, 7) is 8.10. The number of morpholine rings is 1. The Labute approximate surface area is 126 Å². The van der Waals surface area contributed by atoms with E-state index in [4.69, 9.17) is 4.74 Å². The molecule has 0 amide bonds. The zero-order valence-electron chi connectivity index (χ0n) is 12.6. The van der Waals surface area contributed by atoms with Crippen LogP contribution in [0.1, 0.15) is 12.0 Å². The fourth-order valence-corrected chi connectivity index (χ4v) is 2.78. The smallest absolute Gasteiger partial charge is 0.126 e. The lowest BCUT2D eigenvalue weighted by Gasteiger charge is -2.26. The molecule has 2 heterocycles. The second-order valence-electron chi connectivity index (χ2n) is 5.58. The molecule has 0 aliphatic carbocycles. The highest BCUT2D eigenvalue weighted by Crippen LogP contribution is 2.19. The lowest BCUT2D eigenvalue weighted by molar-refractivity contribution is 0.0378. The molecular weight excluding hydrogens is 262 g/mol. The molecule has 1 saturated heterocycles. The zero-order valence-corrected chi connectivity index (χ0v) is 12.6. The largest absolute Gasteiger partial charge is 0.379 e. The topological polar surface area (TPSA) is 37.4 Å². The van der Waals surface area contributed by atoms with Crippen LogP contribution in [0, 0.1) is 6.92 Å². The molecule has 0 unspecified atom stereocenters. The van der Waals surface area contributed by atoms with Gasteiger partial charge in [0.15, 0.2) is 0 Å². The van der Waals surface area contributed by atoms with Gasteiger partial charge >= 0.3 is 0 Å². The SMILES string of the molecule is Cc1cc(NCCCN2CCOCC2)nc2ccccc12. The van der Waals surface area contributed by atoms with Crippen molar-refractivity contribution in [1.82, 2.24) is 9.88 Å². The first kappa shape index (κ1) is 14.3. The number of hydrogen-bond donors (Lipinski definition) is 1. The standard InChI is InChI=1S/C17H23N3O/c1-14-13-17(19-16-6-3-2-5-15(14)16)18-7-4-8-20-9-11-21-12-10-20/h2-3,5-6,13H,4,7-12H2,1H3,(H,18,19). The van der Waals surface area contributed by atoms with Crippen molar-refractivity contribution in [3.63, 3.8) is 0 Å². The minimum atomic E-state index is 0.874. The van der Waals surface area contributed by atoms with Crippen LogP contribution in [-0.2, 0) is 4.74 Å². The number of hydrogen-bond acceptors (Lipinski definition) is 4. The van der Waals surface area contributed by atoms with Gasteiger partial charge in [-0.3, -0.25) is 4.90 Å². The Morgan fingerprint density at radius 2 is 2.05 bits per heavy atom. The van der Waals surface area contributed by atoms with E-state index >= 15 is 0 Å². The number of aryl methyl sites for hydroxylation is 1. The molecule has 0 saturated carbocycles. The summed E-state index contributed by atoms with van der Waals surface area (Å²) >= 11 is 0. The van der Waals surface area contributed by atoms with Crippen LogP contribution in [-0.4, -0.2) is 49.3 Å². The second-order valence-corrected chi connectivity index (χ2v) is 5.58. The first-order chi connectivity index (χ1) is 10.3. The summed E-state index contributed by atoms with van der Waals surface area (Å²) in [6, 6.07) is 10.4. The van der Waals surface area contributed by atoms with Crippen molar-refractivity contribution in [3.05, 3.63) is 35.9 Å². The zero-order chi connectivity index (χ0) is 14.5. The van der Waals surface area contributed by atoms with Gasteiger partial charge in [-0.2, -0.15) is 0 Å². The lowest BCUT2D eigenvalue weighted by Crippen LogP contribution is -2.37. The summed E-state index contributed by atoms with van der Waals surface area (Å²) in [6.07, 6.45) is 1.13. The first-order valence-electron chi connectivity index (χ1n) is 7.73. The van der Waals surface area contributed by atoms with Gasteiger partial charge in [0.25, 0.3) is 0 Å². The van der Waals surface area contributed by atoms with E-state index in [0.29, 0.717) is 0 Å².